The van der Waals surface area contributed by atoms with Gasteiger partial charge in [0.25, 0.3) is 0 Å². The standard InChI is InChI=1S/C9H13NO2S/c1-7(10)9(11)12-5-4-8-3-2-6-13-8/h2-3,6-7H,4-5,10H2,1H3/t7-/m1/s1. The number of esters is 1. The first-order valence-electron chi connectivity index (χ1n) is 4.15. The summed E-state index contributed by atoms with van der Waals surface area (Å²) in [7, 11) is 0. The summed E-state index contributed by atoms with van der Waals surface area (Å²) in [4.78, 5) is 12.1. The summed E-state index contributed by atoms with van der Waals surface area (Å²) in [6.45, 7) is 2.04. The van der Waals surface area contributed by atoms with Crippen molar-refractivity contribution in [1.82, 2.24) is 0 Å². The van der Waals surface area contributed by atoms with Crippen LogP contribution in [-0.4, -0.2) is 18.6 Å². The summed E-state index contributed by atoms with van der Waals surface area (Å²) in [6, 6.07) is 3.47. The van der Waals surface area contributed by atoms with Gasteiger partial charge < -0.3 is 10.5 Å². The molecule has 0 fully saturated rings. The highest BCUT2D eigenvalue weighted by Crippen LogP contribution is 2.08. The Morgan fingerprint density at radius 3 is 3.08 bits per heavy atom. The third-order valence-corrected chi connectivity index (χ3v) is 2.48. The molecule has 0 aliphatic heterocycles. The van der Waals surface area contributed by atoms with Crippen LogP contribution in [0.15, 0.2) is 17.5 Å². The Kier molecular flexibility index (Phi) is 3.92. The van der Waals surface area contributed by atoms with Crippen molar-refractivity contribution in [2.24, 2.45) is 5.73 Å². The van der Waals surface area contributed by atoms with Gasteiger partial charge in [0, 0.05) is 11.3 Å². The van der Waals surface area contributed by atoms with Crippen molar-refractivity contribution >= 4 is 17.3 Å². The average molecular weight is 199 g/mol. The Morgan fingerprint density at radius 2 is 2.54 bits per heavy atom. The molecule has 72 valence electrons. The van der Waals surface area contributed by atoms with Gasteiger partial charge in [-0.05, 0) is 18.4 Å². The van der Waals surface area contributed by atoms with E-state index >= 15 is 0 Å². The lowest BCUT2D eigenvalue weighted by atomic mass is 10.3. The molecule has 0 amide bonds. The smallest absolute Gasteiger partial charge is 0.322 e. The lowest BCUT2D eigenvalue weighted by Crippen LogP contribution is -2.29. The van der Waals surface area contributed by atoms with Gasteiger partial charge in [-0.3, -0.25) is 4.79 Å². The molecule has 0 aliphatic rings. The summed E-state index contributed by atoms with van der Waals surface area (Å²) >= 11 is 1.66. The van der Waals surface area contributed by atoms with E-state index in [2.05, 4.69) is 0 Å². The SMILES string of the molecule is C[C@@H](N)C(=O)OCCc1cccs1. The second-order valence-electron chi connectivity index (χ2n) is 2.79. The highest BCUT2D eigenvalue weighted by molar-refractivity contribution is 7.09. The zero-order chi connectivity index (χ0) is 9.68. The van der Waals surface area contributed by atoms with Crippen LogP contribution in [-0.2, 0) is 16.0 Å². The number of nitrogens with two attached hydrogens (primary N) is 1. The molecule has 13 heavy (non-hydrogen) atoms. The van der Waals surface area contributed by atoms with Crippen LogP contribution in [0.2, 0.25) is 0 Å². The first-order valence-corrected chi connectivity index (χ1v) is 5.02. The molecular formula is C9H13NO2S. The number of ether oxygens (including phenoxy) is 1. The van der Waals surface area contributed by atoms with Crippen LogP contribution in [0.4, 0.5) is 0 Å². The van der Waals surface area contributed by atoms with E-state index in [0.29, 0.717) is 6.61 Å². The molecule has 1 aromatic rings. The summed E-state index contributed by atoms with van der Waals surface area (Å²) in [6.07, 6.45) is 0.774. The Labute approximate surface area is 81.5 Å². The van der Waals surface area contributed by atoms with Crippen LogP contribution >= 0.6 is 11.3 Å². The highest BCUT2D eigenvalue weighted by Gasteiger charge is 2.07. The fourth-order valence-electron chi connectivity index (χ4n) is 0.838. The van der Waals surface area contributed by atoms with Crippen LogP contribution in [0, 0.1) is 0 Å². The van der Waals surface area contributed by atoms with E-state index in [4.69, 9.17) is 10.5 Å². The van der Waals surface area contributed by atoms with Crippen molar-refractivity contribution in [2.45, 2.75) is 19.4 Å². The van der Waals surface area contributed by atoms with Crippen LogP contribution in [0.25, 0.3) is 0 Å². The highest BCUT2D eigenvalue weighted by atomic mass is 32.1. The monoisotopic (exact) mass is 199 g/mol. The summed E-state index contributed by atoms with van der Waals surface area (Å²) in [5.74, 6) is -0.337. The van der Waals surface area contributed by atoms with E-state index in [1.54, 1.807) is 18.3 Å². The van der Waals surface area contributed by atoms with Crippen molar-refractivity contribution in [2.75, 3.05) is 6.61 Å². The molecule has 1 atom stereocenters. The van der Waals surface area contributed by atoms with Crippen LogP contribution < -0.4 is 5.73 Å². The summed E-state index contributed by atoms with van der Waals surface area (Å²) < 4.78 is 4.92. The molecule has 0 radical (unpaired) electrons. The van der Waals surface area contributed by atoms with Gasteiger partial charge in [0.1, 0.15) is 6.04 Å². The molecule has 0 unspecified atom stereocenters. The van der Waals surface area contributed by atoms with E-state index in [1.165, 1.54) is 4.88 Å². The second kappa shape index (κ2) is 4.99. The van der Waals surface area contributed by atoms with Gasteiger partial charge in [0.05, 0.1) is 6.61 Å². The van der Waals surface area contributed by atoms with Gasteiger partial charge >= 0.3 is 5.97 Å². The van der Waals surface area contributed by atoms with E-state index in [9.17, 15) is 4.79 Å². The van der Waals surface area contributed by atoms with Crippen LogP contribution in [0.1, 0.15) is 11.8 Å². The van der Waals surface area contributed by atoms with Crippen LogP contribution in [0.3, 0.4) is 0 Å². The molecule has 4 heteroatoms. The van der Waals surface area contributed by atoms with Crippen molar-refractivity contribution in [3.8, 4) is 0 Å². The zero-order valence-electron chi connectivity index (χ0n) is 7.53. The topological polar surface area (TPSA) is 52.3 Å². The summed E-state index contributed by atoms with van der Waals surface area (Å²) in [5.41, 5.74) is 5.32. The first kappa shape index (κ1) is 10.2. The number of thiophene rings is 1. The van der Waals surface area contributed by atoms with E-state index in [0.717, 1.165) is 6.42 Å². The van der Waals surface area contributed by atoms with E-state index in [-0.39, 0.29) is 5.97 Å². The molecule has 0 saturated carbocycles. The van der Waals surface area contributed by atoms with Crippen molar-refractivity contribution in [3.63, 3.8) is 0 Å². The average Bonchev–Trinajstić information content (AvgIpc) is 2.56. The Morgan fingerprint density at radius 1 is 1.77 bits per heavy atom. The maximum Gasteiger partial charge on any atom is 0.322 e. The Balaban J connectivity index is 2.18. The van der Waals surface area contributed by atoms with Gasteiger partial charge in [0.15, 0.2) is 0 Å². The molecule has 1 rings (SSSR count). The predicted molar refractivity (Wildman–Crippen MR) is 52.6 cm³/mol. The second-order valence-corrected chi connectivity index (χ2v) is 3.82. The minimum atomic E-state index is -0.525. The lowest BCUT2D eigenvalue weighted by molar-refractivity contribution is -0.144. The molecule has 3 nitrogen and oxygen atoms in total. The maximum absolute atomic E-state index is 10.9. The molecule has 2 N–H and O–H groups in total. The molecule has 1 heterocycles. The van der Waals surface area contributed by atoms with Gasteiger partial charge in [-0.15, -0.1) is 11.3 Å². The number of rotatable bonds is 4. The number of carbonyl (C=O) groups is 1. The quantitative estimate of drug-likeness (QED) is 0.741. The van der Waals surface area contributed by atoms with Crippen molar-refractivity contribution in [3.05, 3.63) is 22.4 Å². The van der Waals surface area contributed by atoms with Crippen molar-refractivity contribution in [1.29, 1.82) is 0 Å². The molecule has 0 aromatic carbocycles. The molecule has 1 aromatic heterocycles. The molecule has 0 bridgehead atoms. The number of hydrogen-bond donors (Lipinski definition) is 1. The van der Waals surface area contributed by atoms with Gasteiger partial charge in [-0.2, -0.15) is 0 Å². The normalized spacial score (nSPS) is 12.5. The van der Waals surface area contributed by atoms with Gasteiger partial charge in [0.2, 0.25) is 0 Å². The third-order valence-electron chi connectivity index (χ3n) is 1.54. The predicted octanol–water partition coefficient (Wildman–Crippen LogP) is 1.18. The zero-order valence-corrected chi connectivity index (χ0v) is 8.34. The minimum absolute atomic E-state index is 0.337. The third kappa shape index (κ3) is 3.57. The fourth-order valence-corrected chi connectivity index (χ4v) is 1.53. The number of carbonyl (C=O) groups excluding carboxylic acids is 1. The molecule has 0 spiro atoms. The Bertz CT molecular complexity index is 257. The minimum Gasteiger partial charge on any atom is -0.464 e. The maximum atomic E-state index is 10.9. The van der Waals surface area contributed by atoms with E-state index in [1.807, 2.05) is 17.5 Å². The molecule has 0 aliphatic carbocycles. The van der Waals surface area contributed by atoms with Gasteiger partial charge in [-0.1, -0.05) is 6.07 Å². The van der Waals surface area contributed by atoms with Crippen molar-refractivity contribution < 1.29 is 9.53 Å². The van der Waals surface area contributed by atoms with Crippen LogP contribution in [0.5, 0.6) is 0 Å². The molecular weight excluding hydrogens is 186 g/mol. The first-order chi connectivity index (χ1) is 6.20. The number of hydrogen-bond acceptors (Lipinski definition) is 4. The van der Waals surface area contributed by atoms with Gasteiger partial charge in [-0.25, -0.2) is 0 Å². The largest absolute Gasteiger partial charge is 0.464 e. The summed E-state index contributed by atoms with van der Waals surface area (Å²) in [5, 5.41) is 2.00. The lowest BCUT2D eigenvalue weighted by Gasteiger charge is -2.05. The molecule has 0 saturated heterocycles. The van der Waals surface area contributed by atoms with E-state index < -0.39 is 6.04 Å². The Hall–Kier alpha value is -0.870. The fraction of sp³-hybridized carbons (Fsp3) is 0.444.